The van der Waals surface area contributed by atoms with Gasteiger partial charge in [-0.2, -0.15) is 0 Å². The molecule has 0 amide bonds. The summed E-state index contributed by atoms with van der Waals surface area (Å²) < 4.78 is 0. The quantitative estimate of drug-likeness (QED) is 0.123. The maximum atomic E-state index is 8.25. The minimum absolute atomic E-state index is 0. The van der Waals surface area contributed by atoms with Crippen LogP contribution < -0.4 is 0 Å². The summed E-state index contributed by atoms with van der Waals surface area (Å²) in [5.41, 5.74) is 0. The van der Waals surface area contributed by atoms with E-state index in [-0.39, 0.29) is 262 Å². The van der Waals surface area contributed by atoms with E-state index in [4.69, 9.17) is 490 Å². The zero-order valence-corrected chi connectivity index (χ0v) is 92.7. The van der Waals surface area contributed by atoms with Crippen LogP contribution in [0.4, 0.5) is 0 Å². The number of hydrogen-bond donors (Lipinski definition) is 0. The van der Waals surface area contributed by atoms with Crippen LogP contribution in [0.25, 0.3) is 0 Å². The Morgan fingerprint density at radius 3 is 0.0507 bits per heavy atom. The molecule has 788 valence electrons. The third-order valence-corrected chi connectivity index (χ3v) is 0. The maximum absolute atomic E-state index is 8.25. The minimum Gasteiger partial charge on any atom is -0.356 e. The fourth-order valence-corrected chi connectivity index (χ4v) is 0. The molecular formula is Bi10N32O96-2. The zero-order chi connectivity index (χ0) is 114. The molecule has 0 aliphatic carbocycles. The average Bonchev–Trinajstić information content (AvgIpc) is 3.33. The van der Waals surface area contributed by atoms with Gasteiger partial charge in [0.25, 0.3) is 0 Å². The van der Waals surface area contributed by atoms with E-state index >= 15 is 0 Å². The number of hydrogen-bond acceptors (Lipinski definition) is 96. The van der Waals surface area contributed by atoms with Crippen molar-refractivity contribution >= 4 is 262 Å². The Bertz CT molecular complexity index is 1850. The van der Waals surface area contributed by atoms with Crippen LogP contribution >= 0.6 is 0 Å². The first-order valence-corrected chi connectivity index (χ1v) is 17.5. The van der Waals surface area contributed by atoms with Crippen molar-refractivity contribution in [2.24, 2.45) is 0 Å². The Morgan fingerprint density at radius 2 is 0.0507 bits per heavy atom. The summed E-state index contributed by atoms with van der Waals surface area (Å²) in [4.78, 5) is 264. The van der Waals surface area contributed by atoms with E-state index in [2.05, 4.69) is 0 Å². The molecule has 20 radical (unpaired) electrons. The Labute approximate surface area is 907 Å². The minimum atomic E-state index is -1.75. The van der Waals surface area contributed by atoms with Crippen LogP contribution in [0, 0.1) is 490 Å². The molecule has 0 fully saturated rings. The molecule has 0 bridgehead atoms. The molecular weight excluding hydrogens is 4070 g/mol. The fourth-order valence-electron chi connectivity index (χ4n) is 0. The molecule has 0 atom stereocenters. The van der Waals surface area contributed by atoms with Crippen molar-refractivity contribution in [1.29, 1.82) is 0 Å². The molecule has 0 saturated heterocycles. The van der Waals surface area contributed by atoms with Gasteiger partial charge in [0, 0.05) is 0 Å². The molecule has 0 aliphatic heterocycles. The summed E-state index contributed by atoms with van der Waals surface area (Å²) >= 11 is 0. The smallest absolute Gasteiger partial charge is 0.356 e. The van der Waals surface area contributed by atoms with Crippen LogP contribution in [0.2, 0.25) is 0 Å². The van der Waals surface area contributed by atoms with Gasteiger partial charge in [-0.25, -0.2) is 0 Å². The van der Waals surface area contributed by atoms with Crippen molar-refractivity contribution in [2.75, 3.05) is 0 Å². The third kappa shape index (κ3) is 5930. The molecule has 138 heavy (non-hydrogen) atoms. The first-order chi connectivity index (χ1) is 55.4. The first kappa shape index (κ1) is 279. The second kappa shape index (κ2) is 272. The summed E-state index contributed by atoms with van der Waals surface area (Å²) in [5, 5.41) is 472. The zero-order valence-electron chi connectivity index (χ0n) is 58.0. The summed E-state index contributed by atoms with van der Waals surface area (Å²) in [6.07, 6.45) is 0. The van der Waals surface area contributed by atoms with Crippen LogP contribution in [0.5, 0.6) is 0 Å². The molecule has 0 aromatic rings. The first-order valence-electron chi connectivity index (χ1n) is 17.5. The molecule has 0 saturated carbocycles. The van der Waals surface area contributed by atoms with Gasteiger partial charge in [-0.3, -0.25) is 0 Å². The van der Waals surface area contributed by atoms with E-state index in [0.29, 0.717) is 0 Å². The summed E-state index contributed by atoms with van der Waals surface area (Å²) in [7, 11) is 0. The van der Waals surface area contributed by atoms with E-state index in [9.17, 15) is 0 Å². The van der Waals surface area contributed by atoms with E-state index in [0.717, 1.165) is 0 Å². The second-order valence-corrected chi connectivity index (χ2v) is 7.16. The third-order valence-electron chi connectivity index (χ3n) is 0. The summed E-state index contributed by atoms with van der Waals surface area (Å²) in [6.45, 7) is 0. The summed E-state index contributed by atoms with van der Waals surface area (Å²) in [6, 6.07) is 0. The standard InChI is InChI=1S/10Bi.32NO3/c;;;;;;;;;;32*2-1(3)4/q10*+3;32*-1. The second-order valence-electron chi connectivity index (χ2n) is 7.16. The largest absolute Gasteiger partial charge is 3.00 e. The summed E-state index contributed by atoms with van der Waals surface area (Å²) in [5.74, 6) is 0. The molecule has 0 rings (SSSR count). The van der Waals surface area contributed by atoms with Crippen LogP contribution in [-0.4, -0.2) is 425 Å². The van der Waals surface area contributed by atoms with Crippen molar-refractivity contribution in [1.82, 2.24) is 0 Å². The van der Waals surface area contributed by atoms with Gasteiger partial charge in [0.05, 0.1) is 163 Å². The molecule has 0 unspecified atom stereocenters. The van der Waals surface area contributed by atoms with Crippen LogP contribution in [-0.2, 0) is 0 Å². The van der Waals surface area contributed by atoms with Crippen molar-refractivity contribution < 1.29 is 163 Å². The van der Waals surface area contributed by atoms with Gasteiger partial charge >= 0.3 is 262 Å². The van der Waals surface area contributed by atoms with Gasteiger partial charge in [-0.05, 0) is 0 Å². The molecule has 138 heteroatoms. The van der Waals surface area contributed by atoms with E-state index in [1.54, 1.807) is 0 Å². The molecule has 0 N–H and O–H groups in total. The molecule has 128 nitrogen and oxygen atoms in total. The van der Waals surface area contributed by atoms with E-state index < -0.39 is 163 Å². The fraction of sp³-hybridized carbons (Fsp3) is 0. The molecule has 0 spiro atoms. The molecule has 0 aliphatic rings. The topological polar surface area (TPSA) is 2120 Å². The van der Waals surface area contributed by atoms with E-state index in [1.807, 2.05) is 0 Å². The Balaban J connectivity index is -0.0000000172. The SMILES string of the molecule is O=[N+]([O-])[O-].O=[N+]([O-])[O-].O=[N+]([O-])[O-].O=[N+]([O-])[O-].O=[N+]([O-])[O-].O=[N+]([O-])[O-].O=[N+]([O-])[O-].O=[N+]([O-])[O-].O=[N+]([O-])[O-].O=[N+]([O-])[O-].O=[N+]([O-])[O-].O=[N+]([O-])[O-].O=[N+]([O-])[O-].O=[N+]([O-])[O-].O=[N+]([O-])[O-].O=[N+]([O-])[O-].O=[N+]([O-])[O-].O=[N+]([O-])[O-].O=[N+]([O-])[O-].O=[N+]([O-])[O-].O=[N+]([O-])[O-].O=[N+]([O-])[O-].O=[N+]([O-])[O-].O=[N+]([O-])[O-].O=[N+]([O-])[O-].O=[N+]([O-])[O-].O=[N+]([O-])[O-].O=[N+]([O-])[O-].O=[N+]([O-])[O-].O=[N+]([O-])[O-].O=[N+]([O-])[O-].O=[N+]([O-])[O-].[Bi+3].[Bi+3].[Bi+3].[Bi+3].[Bi+3].[Bi+3].[Bi+3].[Bi+3].[Bi+3].[Bi+3]. The van der Waals surface area contributed by atoms with Crippen molar-refractivity contribution in [2.45, 2.75) is 0 Å². The molecule has 0 aromatic carbocycles. The van der Waals surface area contributed by atoms with Gasteiger partial charge in [0.15, 0.2) is 0 Å². The van der Waals surface area contributed by atoms with Gasteiger partial charge in [-0.15, -0.1) is 0 Å². The maximum Gasteiger partial charge on any atom is 3.00 e. The van der Waals surface area contributed by atoms with Gasteiger partial charge in [-0.1, -0.05) is 0 Å². The average molecular weight is 4070 g/mol. The van der Waals surface area contributed by atoms with Crippen molar-refractivity contribution in [3.63, 3.8) is 0 Å². The Hall–Kier alpha value is -16.8. The van der Waals surface area contributed by atoms with Gasteiger partial charge < -0.3 is 490 Å². The van der Waals surface area contributed by atoms with Gasteiger partial charge in [0.1, 0.15) is 0 Å². The van der Waals surface area contributed by atoms with Crippen molar-refractivity contribution in [3.8, 4) is 0 Å². The van der Waals surface area contributed by atoms with Crippen LogP contribution in [0.1, 0.15) is 0 Å². The monoisotopic (exact) mass is 4070 g/mol. The van der Waals surface area contributed by atoms with Crippen LogP contribution in [0.3, 0.4) is 0 Å². The Morgan fingerprint density at radius 1 is 0.0507 bits per heavy atom. The van der Waals surface area contributed by atoms with Crippen LogP contribution in [0.15, 0.2) is 0 Å². The predicted molar refractivity (Wildman–Crippen MR) is 389 cm³/mol. The van der Waals surface area contributed by atoms with Gasteiger partial charge in [0.2, 0.25) is 0 Å². The predicted octanol–water partition coefficient (Wildman–Crippen LogP) is -11.5. The van der Waals surface area contributed by atoms with E-state index in [1.165, 1.54) is 0 Å². The number of nitrogens with zero attached hydrogens (tertiary/aromatic N) is 32. The Kier molecular flexibility index (Phi) is 551. The normalized spacial score (nSPS) is 5.57. The molecule has 0 aromatic heterocycles. The molecule has 0 heterocycles. The number of rotatable bonds is 0. The van der Waals surface area contributed by atoms with Crippen molar-refractivity contribution in [3.05, 3.63) is 490 Å².